The quantitative estimate of drug-likeness (QED) is 0.726. The van der Waals surface area contributed by atoms with E-state index in [1.807, 2.05) is 0 Å². The fourth-order valence-electron chi connectivity index (χ4n) is 2.47. The monoisotopic (exact) mass is 214 g/mol. The van der Waals surface area contributed by atoms with E-state index >= 15 is 0 Å². The van der Waals surface area contributed by atoms with Crippen molar-refractivity contribution in [3.8, 4) is 0 Å². The van der Waals surface area contributed by atoms with Crippen LogP contribution in [0, 0.1) is 0 Å². The summed E-state index contributed by atoms with van der Waals surface area (Å²) in [6.45, 7) is 3.50. The van der Waals surface area contributed by atoms with E-state index in [4.69, 9.17) is 5.73 Å². The molecule has 1 fully saturated rings. The van der Waals surface area contributed by atoms with Crippen molar-refractivity contribution in [1.29, 1.82) is 0 Å². The number of hydrogen-bond acceptors (Lipinski definition) is 3. The summed E-state index contributed by atoms with van der Waals surface area (Å²) < 4.78 is 0. The molecule has 1 saturated carbocycles. The maximum atomic E-state index is 9.28. The zero-order valence-corrected chi connectivity index (χ0v) is 10.2. The van der Waals surface area contributed by atoms with Gasteiger partial charge in [0.05, 0.1) is 6.61 Å². The number of nitrogens with zero attached hydrogens (tertiary/aromatic N) is 1. The van der Waals surface area contributed by atoms with Crippen molar-refractivity contribution in [1.82, 2.24) is 4.90 Å². The first-order valence-corrected chi connectivity index (χ1v) is 6.21. The molecule has 0 amide bonds. The highest BCUT2D eigenvalue weighted by molar-refractivity contribution is 4.93. The molecule has 0 heterocycles. The molecule has 0 bridgehead atoms. The van der Waals surface area contributed by atoms with Gasteiger partial charge in [0, 0.05) is 11.6 Å². The Hall–Kier alpha value is -0.120. The fourth-order valence-corrected chi connectivity index (χ4v) is 2.47. The SMILES string of the molecule is CCCCN(C)C1CCCC(N)(CO)C1. The normalized spacial score (nSPS) is 32.2. The van der Waals surface area contributed by atoms with Gasteiger partial charge in [-0.25, -0.2) is 0 Å². The number of unbranched alkanes of at least 4 members (excludes halogenated alkanes) is 1. The molecule has 3 N–H and O–H groups in total. The summed E-state index contributed by atoms with van der Waals surface area (Å²) in [6.07, 6.45) is 6.80. The molecule has 0 saturated heterocycles. The number of nitrogens with two attached hydrogens (primary N) is 1. The Morgan fingerprint density at radius 3 is 2.87 bits per heavy atom. The predicted molar refractivity (Wildman–Crippen MR) is 63.8 cm³/mol. The maximum Gasteiger partial charge on any atom is 0.0611 e. The third kappa shape index (κ3) is 3.74. The van der Waals surface area contributed by atoms with Crippen LogP contribution < -0.4 is 5.73 Å². The Labute approximate surface area is 93.6 Å². The molecular formula is C12H26N2O. The summed E-state index contributed by atoms with van der Waals surface area (Å²) in [5.74, 6) is 0. The van der Waals surface area contributed by atoms with Gasteiger partial charge < -0.3 is 15.7 Å². The third-order valence-corrected chi connectivity index (χ3v) is 3.66. The summed E-state index contributed by atoms with van der Waals surface area (Å²) >= 11 is 0. The van der Waals surface area contributed by atoms with Crippen molar-refractivity contribution in [2.45, 2.75) is 57.0 Å². The topological polar surface area (TPSA) is 49.5 Å². The lowest BCUT2D eigenvalue weighted by Gasteiger charge is -2.40. The van der Waals surface area contributed by atoms with Crippen LogP contribution in [0.25, 0.3) is 0 Å². The van der Waals surface area contributed by atoms with Crippen LogP contribution in [0.15, 0.2) is 0 Å². The largest absolute Gasteiger partial charge is 0.394 e. The maximum absolute atomic E-state index is 9.28. The predicted octanol–water partition coefficient (Wildman–Crippen LogP) is 1.35. The van der Waals surface area contributed by atoms with Crippen LogP contribution in [0.3, 0.4) is 0 Å². The molecule has 0 spiro atoms. The Morgan fingerprint density at radius 2 is 2.27 bits per heavy atom. The smallest absolute Gasteiger partial charge is 0.0611 e. The van der Waals surface area contributed by atoms with Crippen LogP contribution >= 0.6 is 0 Å². The molecule has 2 atom stereocenters. The van der Waals surface area contributed by atoms with Crippen molar-refractivity contribution in [2.24, 2.45) is 5.73 Å². The zero-order chi connectivity index (χ0) is 11.3. The standard InChI is InChI=1S/C12H26N2O/c1-3-4-8-14(2)11-6-5-7-12(13,9-11)10-15/h11,15H,3-10,13H2,1-2H3. The Bertz CT molecular complexity index is 186. The van der Waals surface area contributed by atoms with Crippen molar-refractivity contribution in [3.05, 3.63) is 0 Å². The van der Waals surface area contributed by atoms with Gasteiger partial charge in [-0.2, -0.15) is 0 Å². The first-order chi connectivity index (χ1) is 7.11. The van der Waals surface area contributed by atoms with Crippen molar-refractivity contribution >= 4 is 0 Å². The molecule has 0 radical (unpaired) electrons. The van der Waals surface area contributed by atoms with Gasteiger partial charge in [-0.3, -0.25) is 0 Å². The summed E-state index contributed by atoms with van der Waals surface area (Å²) in [7, 11) is 2.18. The van der Waals surface area contributed by atoms with Crippen molar-refractivity contribution in [3.63, 3.8) is 0 Å². The third-order valence-electron chi connectivity index (χ3n) is 3.66. The number of rotatable bonds is 5. The summed E-state index contributed by atoms with van der Waals surface area (Å²) in [5, 5.41) is 9.28. The fraction of sp³-hybridized carbons (Fsp3) is 1.00. The van der Waals surface area contributed by atoms with E-state index in [1.54, 1.807) is 0 Å². The summed E-state index contributed by atoms with van der Waals surface area (Å²) in [4.78, 5) is 2.42. The summed E-state index contributed by atoms with van der Waals surface area (Å²) in [5.41, 5.74) is 5.82. The average molecular weight is 214 g/mol. The highest BCUT2D eigenvalue weighted by Crippen LogP contribution is 2.28. The van der Waals surface area contributed by atoms with E-state index in [2.05, 4.69) is 18.9 Å². The Kier molecular flexibility index (Phi) is 5.03. The Morgan fingerprint density at radius 1 is 1.53 bits per heavy atom. The van der Waals surface area contributed by atoms with Gasteiger partial charge in [0.25, 0.3) is 0 Å². The van der Waals surface area contributed by atoms with Gasteiger partial charge in [0.15, 0.2) is 0 Å². The van der Waals surface area contributed by atoms with Gasteiger partial charge in [-0.15, -0.1) is 0 Å². The summed E-state index contributed by atoms with van der Waals surface area (Å²) in [6, 6.07) is 0.572. The minimum atomic E-state index is -0.316. The Balaban J connectivity index is 2.41. The zero-order valence-electron chi connectivity index (χ0n) is 10.2. The molecule has 90 valence electrons. The van der Waals surface area contributed by atoms with E-state index < -0.39 is 0 Å². The van der Waals surface area contributed by atoms with Gasteiger partial charge in [-0.1, -0.05) is 13.3 Å². The highest BCUT2D eigenvalue weighted by Gasteiger charge is 2.33. The molecular weight excluding hydrogens is 188 g/mol. The molecule has 0 aromatic heterocycles. The molecule has 0 aromatic carbocycles. The van der Waals surface area contributed by atoms with Crippen LogP contribution in [0.5, 0.6) is 0 Å². The first-order valence-electron chi connectivity index (χ1n) is 6.21. The minimum absolute atomic E-state index is 0.130. The van der Waals surface area contributed by atoms with Gasteiger partial charge in [0.2, 0.25) is 0 Å². The second-order valence-corrected chi connectivity index (χ2v) is 5.10. The lowest BCUT2D eigenvalue weighted by Crippen LogP contribution is -2.52. The number of hydrogen-bond donors (Lipinski definition) is 2. The van der Waals surface area contributed by atoms with Crippen LogP contribution in [-0.4, -0.2) is 41.8 Å². The second kappa shape index (κ2) is 5.83. The van der Waals surface area contributed by atoms with Crippen molar-refractivity contribution < 1.29 is 5.11 Å². The highest BCUT2D eigenvalue weighted by atomic mass is 16.3. The molecule has 2 unspecified atom stereocenters. The van der Waals surface area contributed by atoms with Gasteiger partial charge in [0.1, 0.15) is 0 Å². The van der Waals surface area contributed by atoms with Gasteiger partial charge in [-0.05, 0) is 45.7 Å². The number of aliphatic hydroxyl groups is 1. The van der Waals surface area contributed by atoms with E-state index in [0.717, 1.165) is 25.8 Å². The lowest BCUT2D eigenvalue weighted by molar-refractivity contribution is 0.0940. The molecule has 3 heteroatoms. The molecule has 0 aromatic rings. The lowest BCUT2D eigenvalue weighted by atomic mass is 9.80. The molecule has 1 aliphatic rings. The van der Waals surface area contributed by atoms with E-state index in [1.165, 1.54) is 19.3 Å². The van der Waals surface area contributed by atoms with Crippen LogP contribution in [0.2, 0.25) is 0 Å². The van der Waals surface area contributed by atoms with E-state index in [9.17, 15) is 5.11 Å². The average Bonchev–Trinajstić information content (AvgIpc) is 2.26. The van der Waals surface area contributed by atoms with Crippen LogP contribution in [-0.2, 0) is 0 Å². The van der Waals surface area contributed by atoms with Crippen LogP contribution in [0.4, 0.5) is 0 Å². The van der Waals surface area contributed by atoms with Crippen molar-refractivity contribution in [2.75, 3.05) is 20.2 Å². The van der Waals surface area contributed by atoms with E-state index in [-0.39, 0.29) is 12.1 Å². The van der Waals surface area contributed by atoms with E-state index in [0.29, 0.717) is 6.04 Å². The molecule has 0 aliphatic heterocycles. The molecule has 15 heavy (non-hydrogen) atoms. The molecule has 1 rings (SSSR count). The second-order valence-electron chi connectivity index (χ2n) is 5.10. The van der Waals surface area contributed by atoms with Gasteiger partial charge >= 0.3 is 0 Å². The van der Waals surface area contributed by atoms with Crippen LogP contribution in [0.1, 0.15) is 45.4 Å². The first kappa shape index (κ1) is 12.9. The molecule has 1 aliphatic carbocycles. The molecule has 3 nitrogen and oxygen atoms in total. The number of aliphatic hydroxyl groups excluding tert-OH is 1. The minimum Gasteiger partial charge on any atom is -0.394 e.